The number of hydrogen-bond donors (Lipinski definition) is 1. The molecule has 2 aromatic carbocycles. The lowest BCUT2D eigenvalue weighted by atomic mass is 10.1. The van der Waals surface area contributed by atoms with Gasteiger partial charge >= 0.3 is 5.97 Å². The first kappa shape index (κ1) is 19.4. The van der Waals surface area contributed by atoms with Gasteiger partial charge in [-0.3, -0.25) is 9.59 Å². The fourth-order valence-corrected chi connectivity index (χ4v) is 2.21. The summed E-state index contributed by atoms with van der Waals surface area (Å²) < 4.78 is 5.26. The lowest BCUT2D eigenvalue weighted by molar-refractivity contribution is -0.118. The molecule has 0 aliphatic carbocycles. The molecule has 1 unspecified atom stereocenters. The molecule has 136 valence electrons. The SMILES string of the molecule is Cc1ccc(C(=O)OC(C)C(=O)c2ccc(NC(=O)C(C)C)cc2)cc1. The number of ketones is 1. The molecule has 5 nitrogen and oxygen atoms in total. The van der Waals surface area contributed by atoms with Gasteiger partial charge in [-0.05, 0) is 50.2 Å². The van der Waals surface area contributed by atoms with Gasteiger partial charge in [0.15, 0.2) is 6.10 Å². The first-order chi connectivity index (χ1) is 12.3. The van der Waals surface area contributed by atoms with E-state index in [1.54, 1.807) is 57.2 Å². The zero-order valence-electron chi connectivity index (χ0n) is 15.4. The number of hydrogen-bond acceptors (Lipinski definition) is 4. The Kier molecular flexibility index (Phi) is 6.28. The van der Waals surface area contributed by atoms with Crippen LogP contribution in [0, 0.1) is 12.8 Å². The number of esters is 1. The molecule has 2 aromatic rings. The minimum atomic E-state index is -0.903. The Morgan fingerprint density at radius 3 is 1.92 bits per heavy atom. The second-order valence-corrected chi connectivity index (χ2v) is 6.50. The van der Waals surface area contributed by atoms with Gasteiger partial charge in [0.2, 0.25) is 11.7 Å². The number of amides is 1. The van der Waals surface area contributed by atoms with Gasteiger partial charge in [-0.15, -0.1) is 0 Å². The molecule has 1 atom stereocenters. The van der Waals surface area contributed by atoms with E-state index in [0.29, 0.717) is 16.8 Å². The normalized spacial score (nSPS) is 11.7. The number of Topliss-reactive ketones (excluding diaryl/α,β-unsaturated/α-hetero) is 1. The molecule has 1 amide bonds. The summed E-state index contributed by atoms with van der Waals surface area (Å²) in [6.45, 7) is 7.08. The smallest absolute Gasteiger partial charge is 0.338 e. The van der Waals surface area contributed by atoms with E-state index in [1.165, 1.54) is 0 Å². The lowest BCUT2D eigenvalue weighted by Gasteiger charge is -2.13. The summed E-state index contributed by atoms with van der Waals surface area (Å²) in [7, 11) is 0. The van der Waals surface area contributed by atoms with Gasteiger partial charge in [0.1, 0.15) is 0 Å². The second-order valence-electron chi connectivity index (χ2n) is 6.50. The van der Waals surface area contributed by atoms with E-state index in [4.69, 9.17) is 4.74 Å². The molecule has 0 fully saturated rings. The van der Waals surface area contributed by atoms with E-state index in [1.807, 2.05) is 19.1 Å². The standard InChI is InChI=1S/C21H23NO4/c1-13(2)20(24)22-18-11-9-16(10-12-18)19(23)15(4)26-21(25)17-7-5-14(3)6-8-17/h5-13,15H,1-4H3,(H,22,24). The Morgan fingerprint density at radius 1 is 0.846 bits per heavy atom. The molecule has 0 saturated carbocycles. The van der Waals surface area contributed by atoms with Crippen molar-refractivity contribution in [2.24, 2.45) is 5.92 Å². The van der Waals surface area contributed by atoms with Gasteiger partial charge < -0.3 is 10.1 Å². The van der Waals surface area contributed by atoms with Crippen molar-refractivity contribution in [1.29, 1.82) is 0 Å². The molecule has 0 aliphatic heterocycles. The van der Waals surface area contributed by atoms with Gasteiger partial charge in [0.25, 0.3) is 0 Å². The summed E-state index contributed by atoms with van der Waals surface area (Å²) in [4.78, 5) is 36.2. The molecule has 0 saturated heterocycles. The first-order valence-electron chi connectivity index (χ1n) is 8.50. The minimum absolute atomic E-state index is 0.0931. The van der Waals surface area contributed by atoms with Crippen molar-refractivity contribution in [3.63, 3.8) is 0 Å². The van der Waals surface area contributed by atoms with Crippen molar-refractivity contribution >= 4 is 23.3 Å². The number of rotatable bonds is 6. The number of nitrogens with one attached hydrogen (secondary N) is 1. The second kappa shape index (κ2) is 8.43. The van der Waals surface area contributed by atoms with E-state index in [9.17, 15) is 14.4 Å². The molecule has 0 aliphatic rings. The van der Waals surface area contributed by atoms with Crippen LogP contribution in [0.3, 0.4) is 0 Å². The summed E-state index contributed by atoms with van der Waals surface area (Å²) in [5, 5.41) is 2.76. The summed E-state index contributed by atoms with van der Waals surface area (Å²) in [6, 6.07) is 13.5. The molecule has 5 heteroatoms. The van der Waals surface area contributed by atoms with Crippen molar-refractivity contribution in [3.8, 4) is 0 Å². The van der Waals surface area contributed by atoms with Gasteiger partial charge in [-0.25, -0.2) is 4.79 Å². The van der Waals surface area contributed by atoms with Crippen LogP contribution in [0.4, 0.5) is 5.69 Å². The van der Waals surface area contributed by atoms with Crippen molar-refractivity contribution in [1.82, 2.24) is 0 Å². The highest BCUT2D eigenvalue weighted by Gasteiger charge is 2.20. The van der Waals surface area contributed by atoms with Crippen LogP contribution in [0.2, 0.25) is 0 Å². The van der Waals surface area contributed by atoms with Crippen LogP contribution in [-0.2, 0) is 9.53 Å². The Morgan fingerprint density at radius 2 is 1.38 bits per heavy atom. The van der Waals surface area contributed by atoms with Gasteiger partial charge in [0.05, 0.1) is 5.56 Å². The molecular weight excluding hydrogens is 330 g/mol. The third-order valence-corrected chi connectivity index (χ3v) is 3.90. The van der Waals surface area contributed by atoms with E-state index in [-0.39, 0.29) is 17.6 Å². The maximum atomic E-state index is 12.4. The Hall–Kier alpha value is -2.95. The van der Waals surface area contributed by atoms with Crippen LogP contribution in [0.5, 0.6) is 0 Å². The molecule has 0 heterocycles. The predicted octanol–water partition coefficient (Wildman–Crippen LogP) is 4.02. The van der Waals surface area contributed by atoms with Crippen LogP contribution in [-0.4, -0.2) is 23.8 Å². The number of ether oxygens (including phenoxy) is 1. The average Bonchev–Trinajstić information content (AvgIpc) is 2.62. The fourth-order valence-electron chi connectivity index (χ4n) is 2.21. The monoisotopic (exact) mass is 353 g/mol. The van der Waals surface area contributed by atoms with E-state index >= 15 is 0 Å². The highest BCUT2D eigenvalue weighted by molar-refractivity contribution is 6.02. The van der Waals surface area contributed by atoms with Crippen LogP contribution in [0.1, 0.15) is 47.1 Å². The molecule has 2 rings (SSSR count). The quantitative estimate of drug-likeness (QED) is 0.629. The highest BCUT2D eigenvalue weighted by Crippen LogP contribution is 2.14. The highest BCUT2D eigenvalue weighted by atomic mass is 16.5. The Bertz CT molecular complexity index is 792. The molecule has 0 bridgehead atoms. The average molecular weight is 353 g/mol. The molecule has 0 radical (unpaired) electrons. The maximum absolute atomic E-state index is 12.4. The molecule has 0 spiro atoms. The topological polar surface area (TPSA) is 72.5 Å². The molecule has 0 aromatic heterocycles. The van der Waals surface area contributed by atoms with Crippen molar-refractivity contribution in [2.75, 3.05) is 5.32 Å². The van der Waals surface area contributed by atoms with Gasteiger partial charge in [-0.1, -0.05) is 31.5 Å². The van der Waals surface area contributed by atoms with Crippen LogP contribution >= 0.6 is 0 Å². The summed E-state index contributed by atoms with van der Waals surface area (Å²) in [5.41, 5.74) is 2.47. The first-order valence-corrected chi connectivity index (χ1v) is 8.50. The van der Waals surface area contributed by atoms with Crippen molar-refractivity contribution in [3.05, 3.63) is 65.2 Å². The van der Waals surface area contributed by atoms with Crippen molar-refractivity contribution < 1.29 is 19.1 Å². The van der Waals surface area contributed by atoms with Crippen LogP contribution in [0.25, 0.3) is 0 Å². The Labute approximate surface area is 153 Å². The number of anilines is 1. The molecular formula is C21H23NO4. The molecule has 1 N–H and O–H groups in total. The zero-order chi connectivity index (χ0) is 19.3. The summed E-state index contributed by atoms with van der Waals surface area (Å²) >= 11 is 0. The van der Waals surface area contributed by atoms with E-state index in [0.717, 1.165) is 5.56 Å². The Balaban J connectivity index is 2.00. The van der Waals surface area contributed by atoms with E-state index in [2.05, 4.69) is 5.32 Å². The minimum Gasteiger partial charge on any atom is -0.451 e. The number of carbonyl (C=O) groups excluding carboxylic acids is 3. The van der Waals surface area contributed by atoms with Gasteiger partial charge in [-0.2, -0.15) is 0 Å². The van der Waals surface area contributed by atoms with Crippen LogP contribution < -0.4 is 5.32 Å². The van der Waals surface area contributed by atoms with Crippen molar-refractivity contribution in [2.45, 2.75) is 33.8 Å². The maximum Gasteiger partial charge on any atom is 0.338 e. The predicted molar refractivity (Wildman–Crippen MR) is 100 cm³/mol. The summed E-state index contributed by atoms with van der Waals surface area (Å²) in [6.07, 6.45) is -0.903. The fraction of sp³-hybridized carbons (Fsp3) is 0.286. The summed E-state index contributed by atoms with van der Waals surface area (Å²) in [5.74, 6) is -1.05. The third kappa shape index (κ3) is 5.02. The lowest BCUT2D eigenvalue weighted by Crippen LogP contribution is -2.24. The largest absolute Gasteiger partial charge is 0.451 e. The third-order valence-electron chi connectivity index (χ3n) is 3.90. The van der Waals surface area contributed by atoms with E-state index < -0.39 is 12.1 Å². The molecule has 26 heavy (non-hydrogen) atoms. The number of aryl methyl sites for hydroxylation is 1. The number of carbonyl (C=O) groups is 3. The zero-order valence-corrected chi connectivity index (χ0v) is 15.4. The van der Waals surface area contributed by atoms with Gasteiger partial charge in [0, 0.05) is 17.2 Å². The number of benzene rings is 2. The van der Waals surface area contributed by atoms with Crippen LogP contribution in [0.15, 0.2) is 48.5 Å².